The third kappa shape index (κ3) is 9.63. The van der Waals surface area contributed by atoms with Crippen LogP contribution in [0.25, 0.3) is 5.65 Å². The lowest BCUT2D eigenvalue weighted by Gasteiger charge is -2.09. The molecule has 0 saturated heterocycles. The number of nitrogens with zero attached hydrogens (tertiary/aromatic N) is 3. The maximum Gasteiger partial charge on any atom is 0.171 e. The van der Waals surface area contributed by atoms with E-state index in [0.29, 0.717) is 0 Å². The lowest BCUT2D eigenvalue weighted by Crippen LogP contribution is -2.08. The van der Waals surface area contributed by atoms with Crippen LogP contribution >= 0.6 is 15.9 Å². The molecule has 0 aliphatic rings. The zero-order valence-electron chi connectivity index (χ0n) is 19.1. The van der Waals surface area contributed by atoms with Crippen molar-refractivity contribution in [1.29, 1.82) is 0 Å². The Bertz CT molecular complexity index is 738. The number of aromatic nitrogens is 3. The second-order valence-electron chi connectivity index (χ2n) is 8.38. The average molecular weight is 478 g/mol. The average Bonchev–Trinajstić information content (AvgIpc) is 3.11. The molecule has 4 nitrogen and oxygen atoms in total. The minimum Gasteiger partial charge on any atom is -0.370 e. The summed E-state index contributed by atoms with van der Waals surface area (Å²) >= 11 is 3.51. The van der Waals surface area contributed by atoms with Gasteiger partial charge in [-0.05, 0) is 55.0 Å². The topological polar surface area (TPSA) is 42.2 Å². The molecule has 0 spiro atoms. The second-order valence-corrected chi connectivity index (χ2v) is 9.23. The van der Waals surface area contributed by atoms with Gasteiger partial charge in [-0.3, -0.25) is 0 Å². The first-order chi connectivity index (χ1) is 14.7. The van der Waals surface area contributed by atoms with Crippen LogP contribution in [-0.4, -0.2) is 21.1 Å². The van der Waals surface area contributed by atoms with E-state index in [2.05, 4.69) is 56.5 Å². The van der Waals surface area contributed by atoms with Crippen molar-refractivity contribution in [3.63, 3.8) is 0 Å². The van der Waals surface area contributed by atoms with Gasteiger partial charge in [-0.1, -0.05) is 76.9 Å². The minimum atomic E-state index is 0.874. The van der Waals surface area contributed by atoms with Crippen LogP contribution in [0.3, 0.4) is 0 Å². The molecule has 30 heavy (non-hydrogen) atoms. The zero-order chi connectivity index (χ0) is 21.4. The third-order valence-corrected chi connectivity index (χ3v) is 6.11. The highest BCUT2D eigenvalue weighted by Gasteiger charge is 2.07. The van der Waals surface area contributed by atoms with Crippen molar-refractivity contribution in [3.05, 3.63) is 34.6 Å². The van der Waals surface area contributed by atoms with Gasteiger partial charge in [-0.2, -0.15) is 9.61 Å². The predicted octanol–water partition coefficient (Wildman–Crippen LogP) is 8.25. The van der Waals surface area contributed by atoms with E-state index in [1.165, 1.54) is 89.9 Å². The number of unbranched alkanes of at least 4 members (excludes halogenated alkanes) is 12. The highest BCUT2D eigenvalue weighted by molar-refractivity contribution is 9.10. The molecule has 0 bridgehead atoms. The Labute approximate surface area is 192 Å². The molecule has 2 aromatic rings. The van der Waals surface area contributed by atoms with Gasteiger partial charge in [0.1, 0.15) is 5.82 Å². The number of hydrogen-bond acceptors (Lipinski definition) is 3. The molecule has 0 atom stereocenters. The van der Waals surface area contributed by atoms with Crippen LogP contribution in [0.4, 0.5) is 5.82 Å². The van der Waals surface area contributed by atoms with Crippen molar-refractivity contribution in [3.8, 4) is 0 Å². The SMILES string of the molecule is CCCCCCCC/C=C/CCCCCCCCNc1cc(C)nc2c(Br)cnn12. The summed E-state index contributed by atoms with van der Waals surface area (Å²) in [7, 11) is 0. The van der Waals surface area contributed by atoms with E-state index in [0.717, 1.165) is 28.2 Å². The fourth-order valence-electron chi connectivity index (χ4n) is 3.77. The number of anilines is 1. The summed E-state index contributed by atoms with van der Waals surface area (Å²) in [6, 6.07) is 2.06. The maximum atomic E-state index is 4.53. The number of hydrogen-bond donors (Lipinski definition) is 1. The highest BCUT2D eigenvalue weighted by Crippen LogP contribution is 2.20. The van der Waals surface area contributed by atoms with Gasteiger partial charge < -0.3 is 5.32 Å². The minimum absolute atomic E-state index is 0.874. The molecule has 0 aliphatic carbocycles. The van der Waals surface area contributed by atoms with Crippen LogP contribution in [-0.2, 0) is 0 Å². The first-order valence-corrected chi connectivity index (χ1v) is 12.9. The molecule has 0 saturated carbocycles. The Morgan fingerprint density at radius 2 is 1.50 bits per heavy atom. The number of aryl methyl sites for hydroxylation is 1. The fourth-order valence-corrected chi connectivity index (χ4v) is 4.12. The molecule has 2 aromatic heterocycles. The summed E-state index contributed by atoms with van der Waals surface area (Å²) < 4.78 is 2.81. The molecular weight excluding hydrogens is 436 g/mol. The van der Waals surface area contributed by atoms with Gasteiger partial charge in [-0.25, -0.2) is 4.98 Å². The van der Waals surface area contributed by atoms with Crippen LogP contribution in [0.15, 0.2) is 28.9 Å². The summed E-state index contributed by atoms with van der Waals surface area (Å²) in [5.74, 6) is 1.02. The zero-order valence-corrected chi connectivity index (χ0v) is 20.7. The van der Waals surface area contributed by atoms with Crippen molar-refractivity contribution in [2.24, 2.45) is 0 Å². The summed E-state index contributed by atoms with van der Waals surface area (Å²) in [5, 5.41) is 7.92. The van der Waals surface area contributed by atoms with E-state index in [4.69, 9.17) is 0 Å². The van der Waals surface area contributed by atoms with E-state index in [1.807, 2.05) is 11.4 Å². The van der Waals surface area contributed by atoms with E-state index < -0.39 is 0 Å². The predicted molar refractivity (Wildman–Crippen MR) is 133 cm³/mol. The number of nitrogens with one attached hydrogen (secondary N) is 1. The van der Waals surface area contributed by atoms with Gasteiger partial charge in [0.15, 0.2) is 5.65 Å². The Kier molecular flexibility index (Phi) is 12.8. The molecule has 0 fully saturated rings. The molecule has 0 amide bonds. The number of fused-ring (bicyclic) bond motifs is 1. The van der Waals surface area contributed by atoms with Crippen LogP contribution in [0, 0.1) is 6.92 Å². The first-order valence-electron chi connectivity index (χ1n) is 12.1. The first kappa shape index (κ1) is 24.9. The summed E-state index contributed by atoms with van der Waals surface area (Å²) in [6.45, 7) is 5.29. The lowest BCUT2D eigenvalue weighted by atomic mass is 10.1. The molecule has 0 radical (unpaired) electrons. The van der Waals surface area contributed by atoms with Gasteiger partial charge in [0, 0.05) is 18.3 Å². The van der Waals surface area contributed by atoms with Crippen molar-refractivity contribution < 1.29 is 0 Å². The number of rotatable bonds is 17. The Balaban J connectivity index is 1.43. The van der Waals surface area contributed by atoms with E-state index in [-0.39, 0.29) is 0 Å². The molecule has 5 heteroatoms. The molecule has 0 unspecified atom stereocenters. The third-order valence-electron chi connectivity index (χ3n) is 5.55. The van der Waals surface area contributed by atoms with Gasteiger partial charge >= 0.3 is 0 Å². The molecular formula is C25H41BrN4. The largest absolute Gasteiger partial charge is 0.370 e. The van der Waals surface area contributed by atoms with Gasteiger partial charge in [-0.15, -0.1) is 0 Å². The normalized spacial score (nSPS) is 11.7. The van der Waals surface area contributed by atoms with Gasteiger partial charge in [0.2, 0.25) is 0 Å². The fraction of sp³-hybridized carbons (Fsp3) is 0.680. The Morgan fingerprint density at radius 1 is 0.900 bits per heavy atom. The van der Waals surface area contributed by atoms with Crippen molar-refractivity contribution >= 4 is 27.4 Å². The van der Waals surface area contributed by atoms with E-state index in [9.17, 15) is 0 Å². The van der Waals surface area contributed by atoms with Crippen LogP contribution in [0.5, 0.6) is 0 Å². The number of allylic oxidation sites excluding steroid dienone is 2. The maximum absolute atomic E-state index is 4.53. The molecule has 0 aliphatic heterocycles. The van der Waals surface area contributed by atoms with E-state index >= 15 is 0 Å². The lowest BCUT2D eigenvalue weighted by molar-refractivity contribution is 0.602. The van der Waals surface area contributed by atoms with Crippen molar-refractivity contribution in [2.75, 3.05) is 11.9 Å². The quantitative estimate of drug-likeness (QED) is 0.184. The number of halogens is 1. The molecule has 2 rings (SSSR count). The van der Waals surface area contributed by atoms with Crippen molar-refractivity contribution in [2.45, 2.75) is 104 Å². The van der Waals surface area contributed by atoms with Gasteiger partial charge in [0.25, 0.3) is 0 Å². The smallest absolute Gasteiger partial charge is 0.171 e. The molecule has 168 valence electrons. The van der Waals surface area contributed by atoms with Crippen molar-refractivity contribution in [1.82, 2.24) is 14.6 Å². The summed E-state index contributed by atoms with van der Waals surface area (Å²) in [5.41, 5.74) is 1.88. The summed E-state index contributed by atoms with van der Waals surface area (Å²) in [4.78, 5) is 4.53. The van der Waals surface area contributed by atoms with Gasteiger partial charge in [0.05, 0.1) is 10.7 Å². The Morgan fingerprint density at radius 3 is 2.17 bits per heavy atom. The monoisotopic (exact) mass is 476 g/mol. The van der Waals surface area contributed by atoms with Crippen LogP contribution in [0.1, 0.15) is 103 Å². The molecule has 1 N–H and O–H groups in total. The second kappa shape index (κ2) is 15.4. The Hall–Kier alpha value is -1.36. The standard InChI is InChI=1S/C25H41BrN4/c1-3-4-5-6-7-8-9-10-11-12-13-14-15-16-17-18-19-27-24-20-22(2)29-25-23(26)21-28-30(24)25/h10-11,20-21,27H,3-9,12-19H2,1-2H3/b11-10+. The highest BCUT2D eigenvalue weighted by atomic mass is 79.9. The van der Waals surface area contributed by atoms with Crippen LogP contribution in [0.2, 0.25) is 0 Å². The molecule has 2 heterocycles. The molecule has 0 aromatic carbocycles. The van der Waals surface area contributed by atoms with E-state index in [1.54, 1.807) is 6.20 Å². The summed E-state index contributed by atoms with van der Waals surface area (Å²) in [6.07, 6.45) is 25.4. The van der Waals surface area contributed by atoms with Crippen LogP contribution < -0.4 is 5.32 Å².